The first-order valence-corrected chi connectivity index (χ1v) is 8.01. The van der Waals surface area contributed by atoms with Crippen LogP contribution in [-0.2, 0) is 4.75 Å². The summed E-state index contributed by atoms with van der Waals surface area (Å²) in [7, 11) is 0. The van der Waals surface area contributed by atoms with E-state index in [0.717, 1.165) is 0 Å². The van der Waals surface area contributed by atoms with Gasteiger partial charge in [-0.1, -0.05) is 74.0 Å². The molecule has 0 aromatic heterocycles. The van der Waals surface area contributed by atoms with Gasteiger partial charge in [-0.05, 0) is 30.2 Å². The van der Waals surface area contributed by atoms with Crippen molar-refractivity contribution in [3.63, 3.8) is 0 Å². The topological polar surface area (TPSA) is 0 Å². The minimum Gasteiger partial charge on any atom is -0.146 e. The van der Waals surface area contributed by atoms with Gasteiger partial charge < -0.3 is 0 Å². The van der Waals surface area contributed by atoms with E-state index in [1.165, 1.54) is 29.7 Å². The molecule has 0 radical (unpaired) electrons. The summed E-state index contributed by atoms with van der Waals surface area (Å²) < 4.78 is 0.0533. The maximum absolute atomic E-state index is 2.35. The molecular formula is C18H22S. The highest BCUT2D eigenvalue weighted by Crippen LogP contribution is 2.42. The van der Waals surface area contributed by atoms with Crippen LogP contribution in [0.3, 0.4) is 0 Å². The van der Waals surface area contributed by atoms with E-state index in [4.69, 9.17) is 0 Å². The summed E-state index contributed by atoms with van der Waals surface area (Å²) in [6.45, 7) is 4.60. The quantitative estimate of drug-likeness (QED) is 0.626. The van der Waals surface area contributed by atoms with E-state index in [-0.39, 0.29) is 4.75 Å². The molecule has 0 aliphatic carbocycles. The summed E-state index contributed by atoms with van der Waals surface area (Å²) in [6.07, 6.45) is 2.53. The Kier molecular flexibility index (Phi) is 5.09. The van der Waals surface area contributed by atoms with E-state index in [1.807, 2.05) is 0 Å². The Hall–Kier alpha value is -1.21. The molecule has 0 unspecified atom stereocenters. The Morgan fingerprint density at radius 3 is 1.74 bits per heavy atom. The highest BCUT2D eigenvalue weighted by atomic mass is 32.2. The predicted molar refractivity (Wildman–Crippen MR) is 86.7 cm³/mol. The highest BCUT2D eigenvalue weighted by molar-refractivity contribution is 8.00. The van der Waals surface area contributed by atoms with E-state index in [0.29, 0.717) is 0 Å². The normalized spacial score (nSPS) is 11.5. The van der Waals surface area contributed by atoms with Gasteiger partial charge in [0.15, 0.2) is 0 Å². The number of benzene rings is 2. The van der Waals surface area contributed by atoms with Crippen LogP contribution in [-0.4, -0.2) is 5.75 Å². The zero-order valence-corrected chi connectivity index (χ0v) is 12.6. The Morgan fingerprint density at radius 2 is 1.32 bits per heavy atom. The van der Waals surface area contributed by atoms with Crippen molar-refractivity contribution >= 4 is 11.8 Å². The molecule has 0 aliphatic rings. The van der Waals surface area contributed by atoms with Gasteiger partial charge in [0.05, 0.1) is 4.75 Å². The van der Waals surface area contributed by atoms with Gasteiger partial charge in [0.1, 0.15) is 0 Å². The Labute approximate surface area is 121 Å². The van der Waals surface area contributed by atoms with Crippen LogP contribution in [0, 0.1) is 0 Å². The third kappa shape index (κ3) is 3.42. The second-order valence-corrected chi connectivity index (χ2v) is 6.48. The molecule has 0 atom stereocenters. The van der Waals surface area contributed by atoms with Gasteiger partial charge in [0, 0.05) is 0 Å². The molecule has 0 saturated carbocycles. The number of unbranched alkanes of at least 4 members (excludes halogenated alkanes) is 1. The summed E-state index contributed by atoms with van der Waals surface area (Å²) >= 11 is 2.05. The second kappa shape index (κ2) is 6.81. The van der Waals surface area contributed by atoms with E-state index in [2.05, 4.69) is 86.3 Å². The van der Waals surface area contributed by atoms with E-state index >= 15 is 0 Å². The lowest BCUT2D eigenvalue weighted by Crippen LogP contribution is -2.19. The average Bonchev–Trinajstić information content (AvgIpc) is 2.49. The summed E-state index contributed by atoms with van der Waals surface area (Å²) in [6, 6.07) is 21.7. The van der Waals surface area contributed by atoms with Crippen LogP contribution >= 0.6 is 11.8 Å². The molecule has 0 bridgehead atoms. The lowest BCUT2D eigenvalue weighted by atomic mass is 9.92. The lowest BCUT2D eigenvalue weighted by Gasteiger charge is -2.30. The van der Waals surface area contributed by atoms with Gasteiger partial charge in [-0.15, -0.1) is 11.8 Å². The maximum Gasteiger partial charge on any atom is 0.0628 e. The Balaban J connectivity index is 2.33. The number of hydrogen-bond acceptors (Lipinski definition) is 1. The first kappa shape index (κ1) is 14.2. The van der Waals surface area contributed by atoms with Crippen molar-refractivity contribution in [2.24, 2.45) is 0 Å². The number of hydrogen-bond donors (Lipinski definition) is 0. The largest absolute Gasteiger partial charge is 0.146 e. The second-order valence-electron chi connectivity index (χ2n) is 4.97. The van der Waals surface area contributed by atoms with Gasteiger partial charge in [-0.2, -0.15) is 0 Å². The molecular weight excluding hydrogens is 248 g/mol. The van der Waals surface area contributed by atoms with Crippen molar-refractivity contribution in [2.45, 2.75) is 31.4 Å². The molecule has 0 saturated heterocycles. The van der Waals surface area contributed by atoms with Crippen molar-refractivity contribution < 1.29 is 0 Å². The molecule has 2 rings (SSSR count). The van der Waals surface area contributed by atoms with Crippen LogP contribution in [0.2, 0.25) is 0 Å². The zero-order chi connectivity index (χ0) is 13.6. The molecule has 0 fully saturated rings. The molecule has 0 amide bonds. The molecule has 2 aromatic carbocycles. The summed E-state index contributed by atoms with van der Waals surface area (Å²) in [5.74, 6) is 1.21. The van der Waals surface area contributed by atoms with Crippen LogP contribution in [0.5, 0.6) is 0 Å². The van der Waals surface area contributed by atoms with Crippen LogP contribution in [0.4, 0.5) is 0 Å². The first-order valence-electron chi connectivity index (χ1n) is 7.02. The van der Waals surface area contributed by atoms with Crippen LogP contribution in [0.25, 0.3) is 0 Å². The summed E-state index contributed by atoms with van der Waals surface area (Å²) in [5, 5.41) is 0. The Bertz CT molecular complexity index is 436. The Morgan fingerprint density at radius 1 is 0.842 bits per heavy atom. The molecule has 19 heavy (non-hydrogen) atoms. The predicted octanol–water partition coefficient (Wildman–Crippen LogP) is 5.48. The van der Waals surface area contributed by atoms with Crippen molar-refractivity contribution in [2.75, 3.05) is 5.75 Å². The first-order chi connectivity index (χ1) is 9.27. The fraction of sp³-hybridized carbons (Fsp3) is 0.333. The van der Waals surface area contributed by atoms with Gasteiger partial charge in [-0.25, -0.2) is 0 Å². The van der Waals surface area contributed by atoms with Gasteiger partial charge in [0.2, 0.25) is 0 Å². The van der Waals surface area contributed by atoms with Gasteiger partial charge >= 0.3 is 0 Å². The molecule has 0 heterocycles. The lowest BCUT2D eigenvalue weighted by molar-refractivity contribution is 0.824. The molecule has 0 spiro atoms. The highest BCUT2D eigenvalue weighted by Gasteiger charge is 2.28. The molecule has 0 N–H and O–H groups in total. The van der Waals surface area contributed by atoms with Crippen LogP contribution in [0.15, 0.2) is 60.7 Å². The van der Waals surface area contributed by atoms with Crippen LogP contribution < -0.4 is 0 Å². The molecule has 0 aliphatic heterocycles. The smallest absolute Gasteiger partial charge is 0.0628 e. The fourth-order valence-corrected chi connectivity index (χ4v) is 3.71. The van der Waals surface area contributed by atoms with E-state index < -0.39 is 0 Å². The van der Waals surface area contributed by atoms with Crippen molar-refractivity contribution in [3.05, 3.63) is 71.8 Å². The summed E-state index contributed by atoms with van der Waals surface area (Å²) in [5.41, 5.74) is 2.78. The number of thioether (sulfide) groups is 1. The van der Waals surface area contributed by atoms with Gasteiger partial charge in [-0.3, -0.25) is 0 Å². The van der Waals surface area contributed by atoms with Crippen molar-refractivity contribution in [1.82, 2.24) is 0 Å². The summed E-state index contributed by atoms with van der Waals surface area (Å²) in [4.78, 5) is 0. The molecule has 2 aromatic rings. The van der Waals surface area contributed by atoms with E-state index in [9.17, 15) is 0 Å². The standard InChI is InChI=1S/C18H22S/c1-3-4-15-19-18(2,16-11-7-5-8-12-16)17-13-9-6-10-14-17/h5-14H,3-4,15H2,1-2H3. The number of rotatable bonds is 6. The fourth-order valence-electron chi connectivity index (χ4n) is 2.27. The minimum absolute atomic E-state index is 0.0533. The SMILES string of the molecule is CCCCSC(C)(c1ccccc1)c1ccccc1. The molecule has 1 heteroatoms. The third-order valence-corrected chi connectivity index (χ3v) is 5.08. The van der Waals surface area contributed by atoms with Crippen molar-refractivity contribution in [3.8, 4) is 0 Å². The average molecular weight is 270 g/mol. The monoisotopic (exact) mass is 270 g/mol. The third-order valence-electron chi connectivity index (χ3n) is 3.54. The van der Waals surface area contributed by atoms with Crippen molar-refractivity contribution in [1.29, 1.82) is 0 Å². The molecule has 0 nitrogen and oxygen atoms in total. The maximum atomic E-state index is 2.35. The minimum atomic E-state index is 0.0533. The molecule has 100 valence electrons. The van der Waals surface area contributed by atoms with Crippen LogP contribution in [0.1, 0.15) is 37.8 Å². The van der Waals surface area contributed by atoms with Gasteiger partial charge in [0.25, 0.3) is 0 Å². The zero-order valence-electron chi connectivity index (χ0n) is 11.8. The van der Waals surface area contributed by atoms with E-state index in [1.54, 1.807) is 0 Å².